The highest BCUT2D eigenvalue weighted by Crippen LogP contribution is 2.26. The molecule has 0 amide bonds. The summed E-state index contributed by atoms with van der Waals surface area (Å²) in [6.07, 6.45) is 1.05. The van der Waals surface area contributed by atoms with Gasteiger partial charge >= 0.3 is 0 Å². The first kappa shape index (κ1) is 15.2. The molecule has 0 aromatic heterocycles. The summed E-state index contributed by atoms with van der Waals surface area (Å²) in [6.45, 7) is 11.3. The molecule has 3 N–H and O–H groups in total. The number of hydrazine groups is 1. The van der Waals surface area contributed by atoms with Crippen LogP contribution in [0.4, 0.5) is 0 Å². The van der Waals surface area contributed by atoms with Crippen molar-refractivity contribution in [2.45, 2.75) is 53.2 Å². The average Bonchev–Trinajstić information content (AvgIpc) is 2.35. The molecule has 0 fully saturated rings. The predicted molar refractivity (Wildman–Crippen MR) is 76.4 cm³/mol. The average molecular weight is 250 g/mol. The molecule has 0 aliphatic rings. The zero-order valence-electron chi connectivity index (χ0n) is 12.2. The van der Waals surface area contributed by atoms with Gasteiger partial charge in [-0.15, -0.1) is 0 Å². The van der Waals surface area contributed by atoms with Crippen LogP contribution in [0, 0.1) is 20.8 Å². The van der Waals surface area contributed by atoms with E-state index in [0.29, 0.717) is 6.61 Å². The van der Waals surface area contributed by atoms with Gasteiger partial charge in [-0.3, -0.25) is 11.3 Å². The molecule has 1 aromatic carbocycles. The lowest BCUT2D eigenvalue weighted by Crippen LogP contribution is -2.38. The van der Waals surface area contributed by atoms with Crippen LogP contribution >= 0.6 is 0 Å². The molecule has 0 radical (unpaired) electrons. The van der Waals surface area contributed by atoms with E-state index in [0.717, 1.165) is 6.42 Å². The van der Waals surface area contributed by atoms with Crippen molar-refractivity contribution in [3.05, 3.63) is 34.4 Å². The first-order chi connectivity index (χ1) is 8.54. The molecule has 0 bridgehead atoms. The minimum Gasteiger partial charge on any atom is -0.376 e. The van der Waals surface area contributed by atoms with E-state index in [1.807, 2.05) is 6.92 Å². The Bertz CT molecular complexity index is 390. The third-order valence-electron chi connectivity index (χ3n) is 3.55. The molecule has 18 heavy (non-hydrogen) atoms. The number of aryl methyl sites for hydroxylation is 3. The van der Waals surface area contributed by atoms with Crippen LogP contribution in [0.1, 0.15) is 48.6 Å². The van der Waals surface area contributed by atoms with Gasteiger partial charge < -0.3 is 4.74 Å². The Labute approximate surface area is 111 Å². The summed E-state index contributed by atoms with van der Waals surface area (Å²) in [5.74, 6) is 5.74. The number of hydrogen-bond acceptors (Lipinski definition) is 3. The zero-order valence-corrected chi connectivity index (χ0v) is 12.2. The third-order valence-corrected chi connectivity index (χ3v) is 3.55. The van der Waals surface area contributed by atoms with Gasteiger partial charge in [-0.2, -0.15) is 0 Å². The highest BCUT2D eigenvalue weighted by molar-refractivity contribution is 5.38. The summed E-state index contributed by atoms with van der Waals surface area (Å²) in [5.41, 5.74) is 8.03. The largest absolute Gasteiger partial charge is 0.376 e. The van der Waals surface area contributed by atoms with E-state index in [2.05, 4.69) is 45.3 Å². The van der Waals surface area contributed by atoms with Crippen molar-refractivity contribution in [2.24, 2.45) is 5.84 Å². The lowest BCUT2D eigenvalue weighted by Gasteiger charge is -2.27. The van der Waals surface area contributed by atoms with E-state index < -0.39 is 0 Å². The van der Waals surface area contributed by atoms with Crippen LogP contribution in [-0.4, -0.2) is 12.7 Å². The Morgan fingerprint density at radius 1 is 1.11 bits per heavy atom. The zero-order chi connectivity index (χ0) is 13.7. The Kier molecular flexibility index (Phi) is 5.79. The highest BCUT2D eigenvalue weighted by Gasteiger charge is 2.22. The summed E-state index contributed by atoms with van der Waals surface area (Å²) >= 11 is 0. The van der Waals surface area contributed by atoms with E-state index in [-0.39, 0.29) is 12.1 Å². The molecule has 0 saturated heterocycles. The fourth-order valence-corrected chi connectivity index (χ4v) is 2.38. The van der Waals surface area contributed by atoms with Gasteiger partial charge in [0.1, 0.15) is 0 Å². The molecule has 3 nitrogen and oxygen atoms in total. The van der Waals surface area contributed by atoms with Crippen molar-refractivity contribution in [3.63, 3.8) is 0 Å². The van der Waals surface area contributed by atoms with Gasteiger partial charge in [0.2, 0.25) is 0 Å². The second-order valence-corrected chi connectivity index (χ2v) is 4.84. The first-order valence-electron chi connectivity index (χ1n) is 6.70. The molecule has 1 aromatic rings. The van der Waals surface area contributed by atoms with Crippen molar-refractivity contribution in [3.8, 4) is 0 Å². The van der Waals surface area contributed by atoms with Crippen molar-refractivity contribution in [1.82, 2.24) is 5.43 Å². The molecule has 0 saturated carbocycles. The summed E-state index contributed by atoms with van der Waals surface area (Å²) in [6, 6.07) is 4.49. The molecule has 0 spiro atoms. The quantitative estimate of drug-likeness (QED) is 0.603. The fourth-order valence-electron chi connectivity index (χ4n) is 2.38. The number of nitrogens with one attached hydrogen (secondary N) is 1. The van der Waals surface area contributed by atoms with Crippen LogP contribution in [0.5, 0.6) is 0 Å². The van der Waals surface area contributed by atoms with Gasteiger partial charge in [0.25, 0.3) is 0 Å². The molecule has 0 aliphatic carbocycles. The number of rotatable bonds is 6. The van der Waals surface area contributed by atoms with Gasteiger partial charge in [0.05, 0.1) is 12.1 Å². The van der Waals surface area contributed by atoms with Crippen molar-refractivity contribution < 1.29 is 4.74 Å². The minimum atomic E-state index is 0.0502. The van der Waals surface area contributed by atoms with Crippen LogP contribution in [0.25, 0.3) is 0 Å². The lowest BCUT2D eigenvalue weighted by atomic mass is 9.92. The Morgan fingerprint density at radius 3 is 2.22 bits per heavy atom. The van der Waals surface area contributed by atoms with E-state index in [1.54, 1.807) is 0 Å². The maximum atomic E-state index is 5.78. The van der Waals surface area contributed by atoms with Gasteiger partial charge in [0, 0.05) is 6.61 Å². The molecule has 2 atom stereocenters. The number of ether oxygens (including phenoxy) is 1. The SMILES string of the molecule is CCOC(CC)C(NN)c1cc(C)c(C)cc1C. The minimum absolute atomic E-state index is 0.0502. The van der Waals surface area contributed by atoms with E-state index in [1.165, 1.54) is 22.3 Å². The molecule has 102 valence electrons. The van der Waals surface area contributed by atoms with Crippen molar-refractivity contribution in [1.29, 1.82) is 0 Å². The maximum Gasteiger partial charge on any atom is 0.0780 e. The van der Waals surface area contributed by atoms with Crippen LogP contribution in [-0.2, 0) is 4.74 Å². The normalized spacial score (nSPS) is 14.6. The highest BCUT2D eigenvalue weighted by atomic mass is 16.5. The summed E-state index contributed by atoms with van der Waals surface area (Å²) in [5, 5.41) is 0. The van der Waals surface area contributed by atoms with Crippen molar-refractivity contribution in [2.75, 3.05) is 6.61 Å². The first-order valence-corrected chi connectivity index (χ1v) is 6.70. The van der Waals surface area contributed by atoms with E-state index in [9.17, 15) is 0 Å². The summed E-state index contributed by atoms with van der Waals surface area (Å²) in [7, 11) is 0. The van der Waals surface area contributed by atoms with Gasteiger partial charge in [-0.25, -0.2) is 0 Å². The molecule has 0 heterocycles. The number of nitrogens with two attached hydrogens (primary N) is 1. The lowest BCUT2D eigenvalue weighted by molar-refractivity contribution is 0.0312. The van der Waals surface area contributed by atoms with Crippen LogP contribution in [0.2, 0.25) is 0 Å². The summed E-state index contributed by atoms with van der Waals surface area (Å²) < 4.78 is 5.78. The third kappa shape index (κ3) is 3.31. The summed E-state index contributed by atoms with van der Waals surface area (Å²) in [4.78, 5) is 0. The monoisotopic (exact) mass is 250 g/mol. The molecule has 2 unspecified atom stereocenters. The standard InChI is InChI=1S/C15H26N2O/c1-6-14(18-7-2)15(17-16)13-9-11(4)10(3)8-12(13)5/h8-9,14-15,17H,6-7,16H2,1-5H3. The van der Waals surface area contributed by atoms with Gasteiger partial charge in [0.15, 0.2) is 0 Å². The van der Waals surface area contributed by atoms with Gasteiger partial charge in [-0.1, -0.05) is 19.1 Å². The second-order valence-electron chi connectivity index (χ2n) is 4.84. The van der Waals surface area contributed by atoms with Gasteiger partial charge in [-0.05, 0) is 56.4 Å². The molecule has 3 heteroatoms. The predicted octanol–water partition coefficient (Wildman–Crippen LogP) is 2.93. The number of benzene rings is 1. The molecule has 1 rings (SSSR count). The Morgan fingerprint density at radius 2 is 1.72 bits per heavy atom. The number of hydrogen-bond donors (Lipinski definition) is 2. The van der Waals surface area contributed by atoms with E-state index in [4.69, 9.17) is 10.6 Å². The second kappa shape index (κ2) is 6.88. The fraction of sp³-hybridized carbons (Fsp3) is 0.600. The maximum absolute atomic E-state index is 5.78. The molecule has 0 aliphatic heterocycles. The Balaban J connectivity index is 3.11. The van der Waals surface area contributed by atoms with E-state index >= 15 is 0 Å². The molecular weight excluding hydrogens is 224 g/mol. The Hall–Kier alpha value is -0.900. The van der Waals surface area contributed by atoms with Crippen molar-refractivity contribution >= 4 is 0 Å². The van der Waals surface area contributed by atoms with Crippen LogP contribution in [0.15, 0.2) is 12.1 Å². The topological polar surface area (TPSA) is 47.3 Å². The van der Waals surface area contributed by atoms with Crippen LogP contribution < -0.4 is 11.3 Å². The smallest absolute Gasteiger partial charge is 0.0780 e. The van der Waals surface area contributed by atoms with Crippen LogP contribution in [0.3, 0.4) is 0 Å². The molecular formula is C15H26N2O.